The van der Waals surface area contributed by atoms with Gasteiger partial charge in [-0.25, -0.2) is 4.98 Å². The number of nitrogens with zero attached hydrogens (tertiary/aromatic N) is 3. The number of aromatic nitrogens is 2. The van der Waals surface area contributed by atoms with E-state index in [2.05, 4.69) is 5.16 Å². The Hall–Kier alpha value is -3.22. The van der Waals surface area contributed by atoms with Gasteiger partial charge >= 0.3 is 0 Å². The molecule has 1 atom stereocenters. The molecule has 0 unspecified atom stereocenters. The number of benzene rings is 2. The average molecular weight is 388 g/mol. The number of hydrogen-bond acceptors (Lipinski definition) is 6. The molecule has 6 nitrogen and oxygen atoms in total. The molecule has 0 aliphatic heterocycles. The summed E-state index contributed by atoms with van der Waals surface area (Å²) >= 11 is 0. The Balaban J connectivity index is 1.64. The maximum atomic E-state index is 9.15. The van der Waals surface area contributed by atoms with Crippen molar-refractivity contribution in [2.24, 2.45) is 5.73 Å². The van der Waals surface area contributed by atoms with Crippen LogP contribution in [0, 0.1) is 0 Å². The zero-order chi connectivity index (χ0) is 20.2. The third-order valence-corrected chi connectivity index (χ3v) is 5.04. The second kappa shape index (κ2) is 8.43. The minimum atomic E-state index is -0.243. The summed E-state index contributed by atoms with van der Waals surface area (Å²) in [6, 6.07) is 21.5. The predicted octanol–water partition coefficient (Wildman–Crippen LogP) is 3.56. The third kappa shape index (κ3) is 3.99. The van der Waals surface area contributed by atoms with Gasteiger partial charge in [-0.15, -0.1) is 0 Å². The first-order valence-electron chi connectivity index (χ1n) is 9.64. The van der Waals surface area contributed by atoms with Crippen LogP contribution >= 0.6 is 0 Å². The summed E-state index contributed by atoms with van der Waals surface area (Å²) in [5.41, 5.74) is 11.0. The minimum absolute atomic E-state index is 0.0843. The summed E-state index contributed by atoms with van der Waals surface area (Å²) in [6.45, 7) is 0.617. The molecule has 2 heterocycles. The first-order chi connectivity index (χ1) is 14.2. The van der Waals surface area contributed by atoms with Gasteiger partial charge in [0.15, 0.2) is 5.58 Å². The molecule has 0 radical (unpaired) electrons. The molecule has 148 valence electrons. The van der Waals surface area contributed by atoms with Gasteiger partial charge in [0.05, 0.1) is 6.61 Å². The van der Waals surface area contributed by atoms with Crippen molar-refractivity contribution >= 4 is 16.8 Å². The van der Waals surface area contributed by atoms with E-state index in [0.717, 1.165) is 39.3 Å². The zero-order valence-electron chi connectivity index (χ0n) is 16.3. The van der Waals surface area contributed by atoms with Gasteiger partial charge in [0, 0.05) is 42.7 Å². The summed E-state index contributed by atoms with van der Waals surface area (Å²) < 4.78 is 5.49. The Morgan fingerprint density at radius 2 is 1.83 bits per heavy atom. The van der Waals surface area contributed by atoms with Crippen molar-refractivity contribution in [2.75, 3.05) is 25.1 Å². The van der Waals surface area contributed by atoms with E-state index in [-0.39, 0.29) is 12.6 Å². The van der Waals surface area contributed by atoms with E-state index in [9.17, 15) is 0 Å². The molecule has 0 aliphatic carbocycles. The molecule has 4 aromatic rings. The highest BCUT2D eigenvalue weighted by Gasteiger charge is 2.18. The van der Waals surface area contributed by atoms with Gasteiger partial charge in [0.2, 0.25) is 0 Å². The third-order valence-electron chi connectivity index (χ3n) is 5.04. The predicted molar refractivity (Wildman–Crippen MR) is 115 cm³/mol. The number of anilines is 1. The fraction of sp³-hybridized carbons (Fsp3) is 0.217. The van der Waals surface area contributed by atoms with Gasteiger partial charge in [-0.1, -0.05) is 47.6 Å². The maximum absolute atomic E-state index is 9.15. The molecule has 4 rings (SSSR count). The largest absolute Gasteiger partial charge is 0.395 e. The topological polar surface area (TPSA) is 88.4 Å². The van der Waals surface area contributed by atoms with Crippen molar-refractivity contribution in [3.63, 3.8) is 0 Å². The van der Waals surface area contributed by atoms with Crippen LogP contribution in [0.5, 0.6) is 0 Å². The molecule has 0 spiro atoms. The van der Waals surface area contributed by atoms with Crippen LogP contribution in [0.25, 0.3) is 22.2 Å². The SMILES string of the molecule is CN(CCO)c1cccc(C[C@H](N)c2ccccc2-c2noc3ccccc23)n1. The summed E-state index contributed by atoms with van der Waals surface area (Å²) in [5.74, 6) is 0.819. The van der Waals surface area contributed by atoms with Crippen molar-refractivity contribution in [1.29, 1.82) is 0 Å². The van der Waals surface area contributed by atoms with Crippen molar-refractivity contribution in [3.8, 4) is 11.3 Å². The fourth-order valence-electron chi connectivity index (χ4n) is 3.51. The quantitative estimate of drug-likeness (QED) is 0.503. The number of pyridine rings is 1. The lowest BCUT2D eigenvalue weighted by atomic mass is 9.94. The highest BCUT2D eigenvalue weighted by atomic mass is 16.5. The molecule has 0 aliphatic rings. The number of aliphatic hydroxyl groups excluding tert-OH is 1. The molecule has 6 heteroatoms. The Morgan fingerprint density at radius 3 is 2.69 bits per heavy atom. The minimum Gasteiger partial charge on any atom is -0.395 e. The van der Waals surface area contributed by atoms with Crippen LogP contribution in [-0.2, 0) is 6.42 Å². The zero-order valence-corrected chi connectivity index (χ0v) is 16.3. The summed E-state index contributed by atoms with van der Waals surface area (Å²) in [7, 11) is 1.91. The standard InChI is InChI=1S/C23H24N4O2/c1-27(13-14-28)22-12-6-7-16(25-22)15-20(24)17-8-2-3-9-18(17)23-19-10-4-5-11-21(19)29-26-23/h2-12,20,28H,13-15,24H2,1H3/t20-/m0/s1. The molecule has 2 aromatic carbocycles. The molecule has 0 bridgehead atoms. The second-order valence-corrected chi connectivity index (χ2v) is 7.06. The van der Waals surface area contributed by atoms with Crippen LogP contribution in [0.2, 0.25) is 0 Å². The van der Waals surface area contributed by atoms with E-state index < -0.39 is 0 Å². The molecule has 0 fully saturated rings. The van der Waals surface area contributed by atoms with E-state index in [1.807, 2.05) is 78.7 Å². The lowest BCUT2D eigenvalue weighted by molar-refractivity contribution is 0.304. The molecular weight excluding hydrogens is 364 g/mol. The van der Waals surface area contributed by atoms with Crippen molar-refractivity contribution in [2.45, 2.75) is 12.5 Å². The maximum Gasteiger partial charge on any atom is 0.167 e. The van der Waals surface area contributed by atoms with Crippen molar-refractivity contribution < 1.29 is 9.63 Å². The van der Waals surface area contributed by atoms with Crippen LogP contribution in [-0.4, -0.2) is 35.4 Å². The van der Waals surface area contributed by atoms with Crippen LogP contribution in [0.15, 0.2) is 71.3 Å². The van der Waals surface area contributed by atoms with Gasteiger partial charge in [0.25, 0.3) is 0 Å². The van der Waals surface area contributed by atoms with Gasteiger partial charge in [-0.05, 0) is 29.8 Å². The first kappa shape index (κ1) is 19.1. The number of aliphatic hydroxyl groups is 1. The lowest BCUT2D eigenvalue weighted by Crippen LogP contribution is -2.23. The molecule has 0 saturated heterocycles. The van der Waals surface area contributed by atoms with Gasteiger partial charge in [-0.3, -0.25) is 0 Å². The molecule has 3 N–H and O–H groups in total. The van der Waals surface area contributed by atoms with Crippen LogP contribution in [0.4, 0.5) is 5.82 Å². The summed E-state index contributed by atoms with van der Waals surface area (Å²) in [4.78, 5) is 6.62. The number of nitrogens with two attached hydrogens (primary N) is 1. The second-order valence-electron chi connectivity index (χ2n) is 7.06. The number of fused-ring (bicyclic) bond motifs is 1. The van der Waals surface area contributed by atoms with E-state index in [1.54, 1.807) is 0 Å². The molecular formula is C23H24N4O2. The van der Waals surface area contributed by atoms with E-state index in [1.165, 1.54) is 0 Å². The Bertz CT molecular complexity index is 1110. The molecule has 2 aromatic heterocycles. The Labute approximate surface area is 169 Å². The van der Waals surface area contributed by atoms with Crippen LogP contribution in [0.1, 0.15) is 17.3 Å². The fourth-order valence-corrected chi connectivity index (χ4v) is 3.51. The molecule has 0 saturated carbocycles. The van der Waals surface area contributed by atoms with Crippen molar-refractivity contribution in [3.05, 3.63) is 78.0 Å². The van der Waals surface area contributed by atoms with Crippen LogP contribution in [0.3, 0.4) is 0 Å². The van der Waals surface area contributed by atoms with Crippen molar-refractivity contribution in [1.82, 2.24) is 10.1 Å². The van der Waals surface area contributed by atoms with Gasteiger partial charge in [-0.2, -0.15) is 0 Å². The van der Waals surface area contributed by atoms with Crippen LogP contribution < -0.4 is 10.6 Å². The van der Waals surface area contributed by atoms with Gasteiger partial charge in [0.1, 0.15) is 11.5 Å². The van der Waals surface area contributed by atoms with E-state index >= 15 is 0 Å². The monoisotopic (exact) mass is 388 g/mol. The lowest BCUT2D eigenvalue weighted by Gasteiger charge is -2.19. The number of hydrogen-bond donors (Lipinski definition) is 2. The summed E-state index contributed by atoms with van der Waals surface area (Å²) in [6.07, 6.45) is 0.591. The average Bonchev–Trinajstić information content (AvgIpc) is 3.18. The number of likely N-dealkylation sites (N-methyl/N-ethyl adjacent to an activating group) is 1. The highest BCUT2D eigenvalue weighted by Crippen LogP contribution is 2.33. The Kier molecular flexibility index (Phi) is 5.55. The highest BCUT2D eigenvalue weighted by molar-refractivity contribution is 5.92. The molecule has 0 amide bonds. The normalized spacial score (nSPS) is 12.2. The molecule has 29 heavy (non-hydrogen) atoms. The van der Waals surface area contributed by atoms with E-state index in [0.29, 0.717) is 13.0 Å². The number of rotatable bonds is 7. The number of para-hydroxylation sites is 1. The smallest absolute Gasteiger partial charge is 0.167 e. The Morgan fingerprint density at radius 1 is 1.03 bits per heavy atom. The first-order valence-corrected chi connectivity index (χ1v) is 9.64. The summed E-state index contributed by atoms with van der Waals surface area (Å²) in [5, 5.41) is 14.4. The van der Waals surface area contributed by atoms with Gasteiger partial charge < -0.3 is 20.3 Å². The van der Waals surface area contributed by atoms with E-state index in [4.69, 9.17) is 20.3 Å².